The van der Waals surface area contributed by atoms with Gasteiger partial charge in [-0.1, -0.05) is 20.8 Å². The maximum Gasteiger partial charge on any atom is 0.248 e. The molecular weight excluding hydrogens is 266 g/mol. The number of piperazine rings is 1. The molecule has 2 aliphatic rings. The van der Waals surface area contributed by atoms with E-state index >= 15 is 0 Å². The average Bonchev–Trinajstić information content (AvgIpc) is 2.43. The number of likely N-dealkylation sites (tertiary alicyclic amines) is 1. The Morgan fingerprint density at radius 2 is 1.86 bits per heavy atom. The SMILES string of the molecule is CCC1(C)NC(=O)C(C(C)C)N(C2CCN(C)CC2)C1=O. The highest BCUT2D eigenvalue weighted by molar-refractivity contribution is 5.99. The van der Waals surface area contributed by atoms with Gasteiger partial charge in [-0.05, 0) is 52.2 Å². The molecule has 0 spiro atoms. The third-order valence-electron chi connectivity index (χ3n) is 5.09. The topological polar surface area (TPSA) is 52.7 Å². The highest BCUT2D eigenvalue weighted by Gasteiger charge is 2.50. The lowest BCUT2D eigenvalue weighted by Gasteiger charge is -2.50. The van der Waals surface area contributed by atoms with Crippen LogP contribution in [0.3, 0.4) is 0 Å². The van der Waals surface area contributed by atoms with Gasteiger partial charge in [-0.3, -0.25) is 9.59 Å². The Morgan fingerprint density at radius 1 is 1.29 bits per heavy atom. The van der Waals surface area contributed by atoms with Crippen LogP contribution in [0.2, 0.25) is 0 Å². The monoisotopic (exact) mass is 295 g/mol. The van der Waals surface area contributed by atoms with Crippen molar-refractivity contribution in [3.63, 3.8) is 0 Å². The molecule has 2 fully saturated rings. The molecule has 0 aromatic rings. The van der Waals surface area contributed by atoms with Gasteiger partial charge in [0, 0.05) is 6.04 Å². The molecule has 0 aromatic heterocycles. The molecule has 5 nitrogen and oxygen atoms in total. The van der Waals surface area contributed by atoms with Crippen LogP contribution in [-0.2, 0) is 9.59 Å². The van der Waals surface area contributed by atoms with Gasteiger partial charge in [0.25, 0.3) is 0 Å². The van der Waals surface area contributed by atoms with Crippen molar-refractivity contribution < 1.29 is 9.59 Å². The van der Waals surface area contributed by atoms with Crippen LogP contribution in [0.1, 0.15) is 47.0 Å². The summed E-state index contributed by atoms with van der Waals surface area (Å²) < 4.78 is 0. The van der Waals surface area contributed by atoms with Crippen LogP contribution >= 0.6 is 0 Å². The van der Waals surface area contributed by atoms with E-state index in [9.17, 15) is 9.59 Å². The Labute approximate surface area is 128 Å². The van der Waals surface area contributed by atoms with Gasteiger partial charge in [0.2, 0.25) is 11.8 Å². The molecule has 1 N–H and O–H groups in total. The maximum atomic E-state index is 13.0. The summed E-state index contributed by atoms with van der Waals surface area (Å²) in [5.74, 6) is 0.237. The molecule has 2 saturated heterocycles. The zero-order valence-electron chi connectivity index (χ0n) is 14.0. The van der Waals surface area contributed by atoms with Crippen molar-refractivity contribution in [2.45, 2.75) is 64.6 Å². The van der Waals surface area contributed by atoms with Crippen molar-refractivity contribution in [1.29, 1.82) is 0 Å². The molecule has 0 radical (unpaired) electrons. The van der Waals surface area contributed by atoms with Crippen molar-refractivity contribution in [3.8, 4) is 0 Å². The third kappa shape index (κ3) is 2.93. The van der Waals surface area contributed by atoms with Crippen LogP contribution in [0.4, 0.5) is 0 Å². The maximum absolute atomic E-state index is 13.0. The lowest BCUT2D eigenvalue weighted by atomic mass is 9.85. The molecule has 2 atom stereocenters. The van der Waals surface area contributed by atoms with Crippen LogP contribution in [-0.4, -0.2) is 59.4 Å². The molecule has 0 saturated carbocycles. The smallest absolute Gasteiger partial charge is 0.248 e. The van der Waals surface area contributed by atoms with Crippen LogP contribution in [0, 0.1) is 5.92 Å². The van der Waals surface area contributed by atoms with E-state index < -0.39 is 5.54 Å². The lowest BCUT2D eigenvalue weighted by molar-refractivity contribution is -0.160. The van der Waals surface area contributed by atoms with Gasteiger partial charge >= 0.3 is 0 Å². The Bertz CT molecular complexity index is 416. The molecule has 2 aliphatic heterocycles. The van der Waals surface area contributed by atoms with Crippen molar-refractivity contribution in [3.05, 3.63) is 0 Å². The van der Waals surface area contributed by atoms with E-state index in [1.807, 2.05) is 32.6 Å². The van der Waals surface area contributed by atoms with Crippen molar-refractivity contribution in [2.75, 3.05) is 20.1 Å². The summed E-state index contributed by atoms with van der Waals surface area (Å²) >= 11 is 0. The molecule has 0 aliphatic carbocycles. The first-order valence-corrected chi connectivity index (χ1v) is 8.13. The molecule has 21 heavy (non-hydrogen) atoms. The first-order valence-electron chi connectivity index (χ1n) is 8.13. The minimum absolute atomic E-state index is 0.00729. The Morgan fingerprint density at radius 3 is 2.33 bits per heavy atom. The quantitative estimate of drug-likeness (QED) is 0.852. The summed E-state index contributed by atoms with van der Waals surface area (Å²) in [6, 6.07) is -0.136. The number of hydrogen-bond acceptors (Lipinski definition) is 3. The summed E-state index contributed by atoms with van der Waals surface area (Å²) in [5, 5.41) is 2.96. The summed E-state index contributed by atoms with van der Waals surface area (Å²) in [7, 11) is 2.11. The molecule has 5 heteroatoms. The molecule has 2 unspecified atom stereocenters. The number of hydrogen-bond donors (Lipinski definition) is 1. The van der Waals surface area contributed by atoms with Gasteiger partial charge in [0.05, 0.1) is 0 Å². The minimum Gasteiger partial charge on any atom is -0.340 e. The van der Waals surface area contributed by atoms with Crippen molar-refractivity contribution in [1.82, 2.24) is 15.1 Å². The molecule has 2 amide bonds. The van der Waals surface area contributed by atoms with Crippen LogP contribution in [0.25, 0.3) is 0 Å². The molecule has 0 aromatic carbocycles. The molecular formula is C16H29N3O2. The normalized spacial score (nSPS) is 32.7. The highest BCUT2D eigenvalue weighted by Crippen LogP contribution is 2.30. The van der Waals surface area contributed by atoms with E-state index in [1.54, 1.807) is 0 Å². The number of nitrogens with zero attached hydrogens (tertiary/aromatic N) is 2. The molecule has 120 valence electrons. The molecule has 0 bridgehead atoms. The summed E-state index contributed by atoms with van der Waals surface area (Å²) in [6.45, 7) is 9.84. The van der Waals surface area contributed by atoms with E-state index in [4.69, 9.17) is 0 Å². The number of piperidine rings is 1. The Kier molecular flexibility index (Phi) is 4.61. The predicted molar refractivity (Wildman–Crippen MR) is 82.8 cm³/mol. The van der Waals surface area contributed by atoms with Gasteiger partial charge in [0.15, 0.2) is 0 Å². The van der Waals surface area contributed by atoms with E-state index in [2.05, 4.69) is 17.3 Å². The number of nitrogens with one attached hydrogen (secondary N) is 1. The fourth-order valence-corrected chi connectivity index (χ4v) is 3.47. The van der Waals surface area contributed by atoms with Crippen LogP contribution in [0.15, 0.2) is 0 Å². The third-order valence-corrected chi connectivity index (χ3v) is 5.09. The van der Waals surface area contributed by atoms with E-state index in [-0.39, 0.29) is 29.8 Å². The van der Waals surface area contributed by atoms with E-state index in [0.717, 1.165) is 25.9 Å². The van der Waals surface area contributed by atoms with Crippen LogP contribution in [0.5, 0.6) is 0 Å². The fourth-order valence-electron chi connectivity index (χ4n) is 3.47. The number of rotatable bonds is 3. The Hall–Kier alpha value is -1.10. The van der Waals surface area contributed by atoms with Gasteiger partial charge in [0.1, 0.15) is 11.6 Å². The summed E-state index contributed by atoms with van der Waals surface area (Å²) in [6.07, 6.45) is 2.54. The second-order valence-electron chi connectivity index (χ2n) is 7.11. The van der Waals surface area contributed by atoms with Gasteiger partial charge in [-0.25, -0.2) is 0 Å². The molecule has 2 rings (SSSR count). The fraction of sp³-hybridized carbons (Fsp3) is 0.875. The van der Waals surface area contributed by atoms with E-state index in [0.29, 0.717) is 6.42 Å². The van der Waals surface area contributed by atoms with Gasteiger partial charge in [-0.2, -0.15) is 0 Å². The van der Waals surface area contributed by atoms with E-state index in [1.165, 1.54) is 0 Å². The van der Waals surface area contributed by atoms with Crippen molar-refractivity contribution >= 4 is 11.8 Å². The van der Waals surface area contributed by atoms with Crippen molar-refractivity contribution in [2.24, 2.45) is 5.92 Å². The summed E-state index contributed by atoms with van der Waals surface area (Å²) in [4.78, 5) is 29.8. The van der Waals surface area contributed by atoms with Crippen LogP contribution < -0.4 is 5.32 Å². The first-order chi connectivity index (χ1) is 9.80. The zero-order valence-corrected chi connectivity index (χ0v) is 14.0. The number of carbonyl (C=O) groups is 2. The Balaban J connectivity index is 2.30. The van der Waals surface area contributed by atoms with Gasteiger partial charge in [-0.15, -0.1) is 0 Å². The zero-order chi connectivity index (χ0) is 15.8. The second kappa shape index (κ2) is 5.95. The molecule has 2 heterocycles. The minimum atomic E-state index is -0.744. The number of amides is 2. The first kappa shape index (κ1) is 16.3. The second-order valence-corrected chi connectivity index (χ2v) is 7.11. The highest BCUT2D eigenvalue weighted by atomic mass is 16.2. The standard InChI is InChI=1S/C16H29N3O2/c1-6-16(4)15(21)19(12-7-9-18(5)10-8-12)13(11(2)3)14(20)17-16/h11-13H,6-10H2,1-5H3,(H,17,20). The average molecular weight is 295 g/mol. The summed E-state index contributed by atoms with van der Waals surface area (Å²) in [5.41, 5.74) is -0.744. The largest absolute Gasteiger partial charge is 0.340 e. The van der Waals surface area contributed by atoms with Gasteiger partial charge < -0.3 is 15.1 Å². The lowest BCUT2D eigenvalue weighted by Crippen LogP contribution is -2.72. The predicted octanol–water partition coefficient (Wildman–Crippen LogP) is 1.23. The number of carbonyl (C=O) groups excluding carboxylic acids is 2.